The maximum absolute atomic E-state index is 5.64. The van der Waals surface area contributed by atoms with Crippen LogP contribution in [0.2, 0.25) is 0 Å². The molecule has 2 aromatic rings. The van der Waals surface area contributed by atoms with Crippen LogP contribution in [0.15, 0.2) is 27.1 Å². The normalized spacial score (nSPS) is 12.7. The van der Waals surface area contributed by atoms with E-state index in [2.05, 4.69) is 31.4 Å². The van der Waals surface area contributed by atoms with Crippen LogP contribution in [0.3, 0.4) is 0 Å². The summed E-state index contributed by atoms with van der Waals surface area (Å²) in [7, 11) is 1.86. The first-order chi connectivity index (χ1) is 8.13. The number of hydrogen-bond acceptors (Lipinski definition) is 4. The van der Waals surface area contributed by atoms with Crippen LogP contribution in [-0.4, -0.2) is 17.2 Å². The average Bonchev–Trinajstić information content (AvgIpc) is 2.81. The molecule has 0 bridgehead atoms. The van der Waals surface area contributed by atoms with Gasteiger partial charge in [0.1, 0.15) is 0 Å². The molecule has 17 heavy (non-hydrogen) atoms. The van der Waals surface area contributed by atoms with Crippen LogP contribution in [0.5, 0.6) is 0 Å². The Balaban J connectivity index is 2.40. The van der Waals surface area contributed by atoms with Crippen molar-refractivity contribution in [1.29, 1.82) is 0 Å². The van der Waals surface area contributed by atoms with E-state index in [4.69, 9.17) is 4.42 Å². The monoisotopic (exact) mass is 295 g/mol. The lowest BCUT2D eigenvalue weighted by Gasteiger charge is -2.04. The lowest BCUT2D eigenvalue weighted by atomic mass is 10.1. The summed E-state index contributed by atoms with van der Waals surface area (Å²) in [4.78, 5) is 0. The Bertz CT molecular complexity index is 524. The standard InChI is InChI=1S/C12H14BrN3O/c1-7-5-4-6-9(10(7)13)12-16-15-11(17-12)8(2)14-3/h4-6,8,14H,1-3H3. The van der Waals surface area contributed by atoms with Crippen molar-refractivity contribution in [2.24, 2.45) is 0 Å². The summed E-state index contributed by atoms with van der Waals surface area (Å²) >= 11 is 3.54. The molecule has 2 rings (SSSR count). The van der Waals surface area contributed by atoms with Gasteiger partial charge in [-0.05, 0) is 48.5 Å². The maximum Gasteiger partial charge on any atom is 0.248 e. The third-order valence-electron chi connectivity index (χ3n) is 2.67. The zero-order chi connectivity index (χ0) is 12.4. The van der Waals surface area contributed by atoms with Gasteiger partial charge >= 0.3 is 0 Å². The molecule has 5 heteroatoms. The summed E-state index contributed by atoms with van der Waals surface area (Å²) in [5.41, 5.74) is 2.07. The van der Waals surface area contributed by atoms with Gasteiger partial charge < -0.3 is 9.73 Å². The molecule has 1 unspecified atom stereocenters. The molecule has 1 aromatic heterocycles. The third kappa shape index (κ3) is 2.40. The maximum atomic E-state index is 5.64. The average molecular weight is 296 g/mol. The second-order valence-electron chi connectivity index (χ2n) is 3.89. The van der Waals surface area contributed by atoms with E-state index in [9.17, 15) is 0 Å². The number of rotatable bonds is 3. The van der Waals surface area contributed by atoms with Crippen molar-refractivity contribution < 1.29 is 4.42 Å². The molecule has 0 aliphatic heterocycles. The van der Waals surface area contributed by atoms with Crippen molar-refractivity contribution in [3.8, 4) is 11.5 Å². The predicted octanol–water partition coefficient (Wildman–Crippen LogP) is 3.09. The van der Waals surface area contributed by atoms with Crippen molar-refractivity contribution in [2.45, 2.75) is 19.9 Å². The van der Waals surface area contributed by atoms with E-state index in [1.165, 1.54) is 0 Å². The van der Waals surface area contributed by atoms with E-state index in [0.29, 0.717) is 11.8 Å². The highest BCUT2D eigenvalue weighted by Crippen LogP contribution is 2.30. The molecule has 0 fully saturated rings. The van der Waals surface area contributed by atoms with Gasteiger partial charge in [-0.15, -0.1) is 10.2 Å². The number of benzene rings is 1. The second kappa shape index (κ2) is 4.98. The first kappa shape index (κ1) is 12.3. The minimum Gasteiger partial charge on any atom is -0.419 e. The minimum absolute atomic E-state index is 0.0554. The van der Waals surface area contributed by atoms with Crippen molar-refractivity contribution >= 4 is 15.9 Å². The minimum atomic E-state index is 0.0554. The summed E-state index contributed by atoms with van der Waals surface area (Å²) in [6.45, 7) is 4.00. The fraction of sp³-hybridized carbons (Fsp3) is 0.333. The van der Waals surface area contributed by atoms with Gasteiger partial charge in [0.15, 0.2) is 0 Å². The fourth-order valence-electron chi connectivity index (χ4n) is 1.45. The van der Waals surface area contributed by atoms with E-state index in [-0.39, 0.29) is 6.04 Å². The molecule has 1 atom stereocenters. The van der Waals surface area contributed by atoms with Gasteiger partial charge in [0.05, 0.1) is 11.6 Å². The number of halogens is 1. The Morgan fingerprint density at radius 1 is 1.35 bits per heavy atom. The molecule has 1 aromatic carbocycles. The highest BCUT2D eigenvalue weighted by molar-refractivity contribution is 9.10. The van der Waals surface area contributed by atoms with Gasteiger partial charge in [-0.2, -0.15) is 0 Å². The molecule has 90 valence electrons. The van der Waals surface area contributed by atoms with Gasteiger partial charge in [-0.25, -0.2) is 0 Å². The first-order valence-corrected chi connectivity index (χ1v) is 6.19. The molecule has 4 nitrogen and oxygen atoms in total. The van der Waals surface area contributed by atoms with Gasteiger partial charge in [0.25, 0.3) is 0 Å². The van der Waals surface area contributed by atoms with Crippen LogP contribution in [-0.2, 0) is 0 Å². The Labute approximate surface area is 109 Å². The SMILES string of the molecule is CNC(C)c1nnc(-c2cccc(C)c2Br)o1. The molecule has 1 N–H and O–H groups in total. The Morgan fingerprint density at radius 3 is 2.82 bits per heavy atom. The number of nitrogens with zero attached hydrogens (tertiary/aromatic N) is 2. The topological polar surface area (TPSA) is 51.0 Å². The molecule has 1 heterocycles. The molecule has 0 amide bonds. The molecule has 0 saturated heterocycles. The number of aryl methyl sites for hydroxylation is 1. The lowest BCUT2D eigenvalue weighted by Crippen LogP contribution is -2.12. The van der Waals surface area contributed by atoms with E-state index in [0.717, 1.165) is 15.6 Å². The number of nitrogens with one attached hydrogen (secondary N) is 1. The highest BCUT2D eigenvalue weighted by Gasteiger charge is 2.15. The van der Waals surface area contributed by atoms with Crippen molar-refractivity contribution in [1.82, 2.24) is 15.5 Å². The molecule has 0 aliphatic carbocycles. The summed E-state index contributed by atoms with van der Waals surface area (Å²) < 4.78 is 6.64. The zero-order valence-electron chi connectivity index (χ0n) is 9.99. The van der Waals surface area contributed by atoms with Gasteiger partial charge in [-0.3, -0.25) is 0 Å². The fourth-order valence-corrected chi connectivity index (χ4v) is 1.89. The van der Waals surface area contributed by atoms with E-state index < -0.39 is 0 Å². The molecular formula is C12H14BrN3O. The summed E-state index contributed by atoms with van der Waals surface area (Å²) in [6, 6.07) is 6.01. The van der Waals surface area contributed by atoms with E-state index >= 15 is 0 Å². The van der Waals surface area contributed by atoms with Crippen LogP contribution in [0, 0.1) is 6.92 Å². The van der Waals surface area contributed by atoms with Gasteiger partial charge in [0, 0.05) is 4.47 Å². The van der Waals surface area contributed by atoms with Crippen molar-refractivity contribution in [3.63, 3.8) is 0 Å². The van der Waals surface area contributed by atoms with Gasteiger partial charge in [0.2, 0.25) is 11.8 Å². The number of aromatic nitrogens is 2. The highest BCUT2D eigenvalue weighted by atomic mass is 79.9. The van der Waals surface area contributed by atoms with E-state index in [1.54, 1.807) is 0 Å². The summed E-state index contributed by atoms with van der Waals surface area (Å²) in [5.74, 6) is 1.13. The van der Waals surface area contributed by atoms with E-state index in [1.807, 2.05) is 39.1 Å². The quantitative estimate of drug-likeness (QED) is 0.945. The summed E-state index contributed by atoms with van der Waals surface area (Å²) in [5, 5.41) is 11.2. The Hall–Kier alpha value is -1.20. The molecule has 0 radical (unpaired) electrons. The number of hydrogen-bond donors (Lipinski definition) is 1. The smallest absolute Gasteiger partial charge is 0.248 e. The third-order valence-corrected chi connectivity index (χ3v) is 3.72. The van der Waals surface area contributed by atoms with Crippen LogP contribution in [0.1, 0.15) is 24.4 Å². The van der Waals surface area contributed by atoms with Crippen molar-refractivity contribution in [3.05, 3.63) is 34.1 Å². The predicted molar refractivity (Wildman–Crippen MR) is 69.6 cm³/mol. The van der Waals surface area contributed by atoms with Crippen molar-refractivity contribution in [2.75, 3.05) is 7.05 Å². The van der Waals surface area contributed by atoms with Crippen LogP contribution in [0.25, 0.3) is 11.5 Å². The first-order valence-electron chi connectivity index (χ1n) is 5.39. The van der Waals surface area contributed by atoms with Crippen LogP contribution < -0.4 is 5.32 Å². The van der Waals surface area contributed by atoms with Crippen LogP contribution in [0.4, 0.5) is 0 Å². The van der Waals surface area contributed by atoms with Gasteiger partial charge in [-0.1, -0.05) is 12.1 Å². The second-order valence-corrected chi connectivity index (χ2v) is 4.69. The lowest BCUT2D eigenvalue weighted by molar-refractivity contribution is 0.441. The zero-order valence-corrected chi connectivity index (χ0v) is 11.6. The largest absolute Gasteiger partial charge is 0.419 e. The summed E-state index contributed by atoms with van der Waals surface area (Å²) in [6.07, 6.45) is 0. The Morgan fingerprint density at radius 2 is 2.12 bits per heavy atom. The van der Waals surface area contributed by atoms with Crippen LogP contribution >= 0.6 is 15.9 Å². The Kier molecular flexibility index (Phi) is 3.59. The molecular weight excluding hydrogens is 282 g/mol. The molecule has 0 spiro atoms. The molecule has 0 aliphatic rings. The molecule has 0 saturated carbocycles.